The number of phosphoric acid groups is 1. The number of rotatable bonds is 5. The number of methoxy groups -OCH3 is 1. The van der Waals surface area contributed by atoms with Gasteiger partial charge < -0.3 is 9.26 Å². The van der Waals surface area contributed by atoms with Gasteiger partial charge in [0.05, 0.1) is 13.2 Å². The normalized spacial score (nSPS) is 14.6. The smallest absolute Gasteiger partial charge is 0.497 e. The van der Waals surface area contributed by atoms with E-state index in [0.717, 1.165) is 0 Å². The molecular weight excluding hydrogens is 231 g/mol. The molecule has 1 unspecified atom stereocenters. The first-order valence-electron chi connectivity index (χ1n) is 4.78. The van der Waals surface area contributed by atoms with Crippen LogP contribution in [0.3, 0.4) is 0 Å². The molecule has 5 nitrogen and oxygen atoms in total. The Morgan fingerprint density at radius 3 is 2.50 bits per heavy atom. The van der Waals surface area contributed by atoms with E-state index in [4.69, 9.17) is 13.8 Å². The Bertz CT molecular complexity index is 391. The minimum absolute atomic E-state index is 0.228. The molecule has 16 heavy (non-hydrogen) atoms. The van der Waals surface area contributed by atoms with Crippen molar-refractivity contribution in [3.8, 4) is 11.5 Å². The van der Waals surface area contributed by atoms with Crippen molar-refractivity contribution < 1.29 is 23.2 Å². The fourth-order valence-electron chi connectivity index (χ4n) is 1.08. The van der Waals surface area contributed by atoms with Gasteiger partial charge in [0, 0.05) is 6.07 Å². The van der Waals surface area contributed by atoms with Crippen LogP contribution in [0.2, 0.25) is 0 Å². The minimum Gasteiger partial charge on any atom is -0.497 e. The molecule has 0 spiro atoms. The molecule has 1 aromatic carbocycles. The van der Waals surface area contributed by atoms with Gasteiger partial charge in [0.25, 0.3) is 0 Å². The van der Waals surface area contributed by atoms with Gasteiger partial charge in [-0.1, -0.05) is 6.07 Å². The van der Waals surface area contributed by atoms with Crippen LogP contribution >= 0.6 is 7.82 Å². The predicted molar refractivity (Wildman–Crippen MR) is 59.7 cm³/mol. The summed E-state index contributed by atoms with van der Waals surface area (Å²) in [6, 6.07) is 6.42. The summed E-state index contributed by atoms with van der Waals surface area (Å²) < 4.78 is 26.0. The molecule has 0 aliphatic heterocycles. The van der Waals surface area contributed by atoms with Crippen molar-refractivity contribution >= 4 is 7.82 Å². The van der Waals surface area contributed by atoms with Crippen molar-refractivity contribution in [2.24, 2.45) is 0 Å². The van der Waals surface area contributed by atoms with E-state index in [0.29, 0.717) is 5.75 Å². The van der Waals surface area contributed by atoms with Crippen LogP contribution in [0.5, 0.6) is 11.5 Å². The highest BCUT2D eigenvalue weighted by atomic mass is 31.2. The monoisotopic (exact) mass is 246 g/mol. The van der Waals surface area contributed by atoms with Gasteiger partial charge in [-0.15, -0.1) is 0 Å². The molecular formula is C10H15O5P. The Hall–Kier alpha value is -1.03. The summed E-state index contributed by atoms with van der Waals surface area (Å²) in [6.07, 6.45) is -0.388. The van der Waals surface area contributed by atoms with Crippen LogP contribution in [0.15, 0.2) is 24.3 Å². The number of benzene rings is 1. The van der Waals surface area contributed by atoms with Crippen LogP contribution in [-0.4, -0.2) is 18.1 Å². The second-order valence-corrected chi connectivity index (χ2v) is 4.72. The zero-order valence-corrected chi connectivity index (χ0v) is 10.3. The molecule has 6 heteroatoms. The highest BCUT2D eigenvalue weighted by Gasteiger charge is 2.24. The molecule has 0 aromatic heterocycles. The number of phosphoric ester groups is 1. The van der Waals surface area contributed by atoms with E-state index < -0.39 is 7.82 Å². The molecule has 1 aromatic rings. The molecule has 0 amide bonds. The third kappa shape index (κ3) is 4.23. The van der Waals surface area contributed by atoms with Gasteiger partial charge in [0.2, 0.25) is 0 Å². The van der Waals surface area contributed by atoms with E-state index in [2.05, 4.69) is 0 Å². The maximum Gasteiger partial charge on any atom is 0.527 e. The van der Waals surface area contributed by atoms with Crippen molar-refractivity contribution in [3.05, 3.63) is 24.3 Å². The lowest BCUT2D eigenvalue weighted by Crippen LogP contribution is -2.04. The fraction of sp³-hybridized carbons (Fsp3) is 0.400. The van der Waals surface area contributed by atoms with E-state index in [9.17, 15) is 9.46 Å². The second-order valence-electron chi connectivity index (χ2n) is 3.39. The fourth-order valence-corrected chi connectivity index (χ4v) is 2.03. The van der Waals surface area contributed by atoms with Crippen LogP contribution < -0.4 is 9.26 Å². The Kier molecular flexibility index (Phi) is 4.35. The van der Waals surface area contributed by atoms with E-state index >= 15 is 0 Å². The number of ether oxygens (including phenoxy) is 1. The van der Waals surface area contributed by atoms with Crippen LogP contribution in [0.1, 0.15) is 13.8 Å². The summed E-state index contributed by atoms with van der Waals surface area (Å²) in [5.74, 6) is 0.771. The van der Waals surface area contributed by atoms with E-state index in [1.807, 2.05) is 0 Å². The summed E-state index contributed by atoms with van der Waals surface area (Å²) in [5, 5.41) is 0. The first-order chi connectivity index (χ1) is 7.43. The lowest BCUT2D eigenvalue weighted by atomic mass is 10.3. The molecule has 0 aliphatic carbocycles. The van der Waals surface area contributed by atoms with Crippen molar-refractivity contribution in [2.45, 2.75) is 20.0 Å². The molecule has 0 radical (unpaired) electrons. The SMILES string of the molecule is COc1cccc(OP(=O)(O)OC(C)C)c1. The molecule has 90 valence electrons. The van der Waals surface area contributed by atoms with Gasteiger partial charge in [-0.3, -0.25) is 9.42 Å². The Morgan fingerprint density at radius 2 is 1.94 bits per heavy atom. The van der Waals surface area contributed by atoms with Crippen molar-refractivity contribution in [2.75, 3.05) is 7.11 Å². The lowest BCUT2D eigenvalue weighted by molar-refractivity contribution is 0.161. The Labute approximate surface area is 94.6 Å². The molecule has 1 N–H and O–H groups in total. The maximum atomic E-state index is 11.5. The summed E-state index contributed by atoms with van der Waals surface area (Å²) in [5.41, 5.74) is 0. The van der Waals surface area contributed by atoms with Crippen LogP contribution in [0, 0.1) is 0 Å². The van der Waals surface area contributed by atoms with Crippen LogP contribution in [0.25, 0.3) is 0 Å². The van der Waals surface area contributed by atoms with Crippen LogP contribution in [-0.2, 0) is 9.09 Å². The van der Waals surface area contributed by atoms with Gasteiger partial charge in [0.15, 0.2) is 0 Å². The van der Waals surface area contributed by atoms with Gasteiger partial charge in [0.1, 0.15) is 11.5 Å². The van der Waals surface area contributed by atoms with E-state index in [1.54, 1.807) is 32.0 Å². The van der Waals surface area contributed by atoms with Gasteiger partial charge >= 0.3 is 7.82 Å². The highest BCUT2D eigenvalue weighted by Crippen LogP contribution is 2.45. The molecule has 0 aliphatic rings. The minimum atomic E-state index is -4.06. The molecule has 0 bridgehead atoms. The molecule has 1 rings (SSSR count). The highest BCUT2D eigenvalue weighted by molar-refractivity contribution is 7.47. The molecule has 0 saturated carbocycles. The first kappa shape index (κ1) is 13.0. The van der Waals surface area contributed by atoms with Crippen LogP contribution in [0.4, 0.5) is 0 Å². The van der Waals surface area contributed by atoms with Crippen molar-refractivity contribution in [3.63, 3.8) is 0 Å². The Balaban J connectivity index is 2.75. The first-order valence-corrected chi connectivity index (χ1v) is 6.27. The van der Waals surface area contributed by atoms with Gasteiger partial charge in [-0.05, 0) is 26.0 Å². The van der Waals surface area contributed by atoms with E-state index in [1.165, 1.54) is 13.2 Å². The van der Waals surface area contributed by atoms with Crippen molar-refractivity contribution in [1.29, 1.82) is 0 Å². The largest absolute Gasteiger partial charge is 0.527 e. The average Bonchev–Trinajstić information content (AvgIpc) is 2.15. The quantitative estimate of drug-likeness (QED) is 0.809. The summed E-state index contributed by atoms with van der Waals surface area (Å²) in [7, 11) is -2.55. The molecule has 0 saturated heterocycles. The molecule has 1 atom stereocenters. The van der Waals surface area contributed by atoms with E-state index in [-0.39, 0.29) is 11.9 Å². The maximum absolute atomic E-state index is 11.5. The van der Waals surface area contributed by atoms with Crippen molar-refractivity contribution in [1.82, 2.24) is 0 Å². The topological polar surface area (TPSA) is 65.0 Å². The number of hydrogen-bond donors (Lipinski definition) is 1. The predicted octanol–water partition coefficient (Wildman–Crippen LogP) is 2.60. The zero-order valence-electron chi connectivity index (χ0n) is 9.41. The summed E-state index contributed by atoms with van der Waals surface area (Å²) >= 11 is 0. The van der Waals surface area contributed by atoms with Gasteiger partial charge in [-0.2, -0.15) is 0 Å². The standard InChI is InChI=1S/C10H15O5P/c1-8(2)14-16(11,12)15-10-6-4-5-9(7-10)13-3/h4-8H,1-3H3,(H,11,12). The zero-order chi connectivity index (χ0) is 12.2. The third-order valence-corrected chi connectivity index (χ3v) is 2.74. The molecule has 0 fully saturated rings. The average molecular weight is 246 g/mol. The molecule has 0 heterocycles. The number of hydrogen-bond acceptors (Lipinski definition) is 4. The van der Waals surface area contributed by atoms with Gasteiger partial charge in [-0.25, -0.2) is 4.57 Å². The lowest BCUT2D eigenvalue weighted by Gasteiger charge is -2.15. The Morgan fingerprint density at radius 1 is 1.31 bits per heavy atom. The third-order valence-electron chi connectivity index (χ3n) is 1.61. The summed E-state index contributed by atoms with van der Waals surface area (Å²) in [6.45, 7) is 3.30. The second kappa shape index (κ2) is 5.34. The summed E-state index contributed by atoms with van der Waals surface area (Å²) in [4.78, 5) is 9.37.